The van der Waals surface area contributed by atoms with Gasteiger partial charge in [0, 0.05) is 149 Å². The van der Waals surface area contributed by atoms with Crippen LogP contribution in [0.5, 0.6) is 17.4 Å². The molecule has 0 saturated carbocycles. The minimum Gasteiger partial charge on any atom is -0.496 e. The molecule has 0 saturated heterocycles. The molecule has 0 spiro atoms. The quantitative estimate of drug-likeness (QED) is 0.0214. The van der Waals surface area contributed by atoms with Crippen LogP contribution in [0.4, 0.5) is 52.4 Å². The normalized spacial score (nSPS) is 10.5. The van der Waals surface area contributed by atoms with Gasteiger partial charge in [-0.3, -0.25) is 0 Å². The van der Waals surface area contributed by atoms with Crippen LogP contribution in [0.3, 0.4) is 0 Å². The van der Waals surface area contributed by atoms with E-state index in [0.29, 0.717) is 30.3 Å². The molecule has 22 heteroatoms. The van der Waals surface area contributed by atoms with Crippen LogP contribution >= 0.6 is 0 Å². The highest BCUT2D eigenvalue weighted by Crippen LogP contribution is 2.30. The van der Waals surface area contributed by atoms with Crippen LogP contribution in [-0.4, -0.2) is 138 Å². The molecule has 75 heavy (non-hydrogen) atoms. The maximum atomic E-state index is 5.51. The molecule has 0 aliphatic heterocycles. The van der Waals surface area contributed by atoms with Gasteiger partial charge in [-0.15, -0.1) is 0 Å². The Balaban J connectivity index is -0.000000101. The Bertz CT molecular complexity index is 2410. The van der Waals surface area contributed by atoms with E-state index in [0.717, 1.165) is 114 Å². The highest BCUT2D eigenvalue weighted by atomic mass is 16.5. The highest BCUT2D eigenvalue weighted by Gasteiger charge is 2.14. The standard InChI is InChI=1S/C18H28N6O.C16H24N6O.C15H23N7O.2C2H6.12H2/c1-12-10-17(20-4)24-18(22-12)23-14-6-7-16(25-5)15(11-14)13(2)21-9-8-19-3;1-17-8-9-19-11-12-10-13(4-5-14(12)23-3)21-16-20-7-6-15(18-2)22-16;1-16-6-7-18-9-11-8-12(10-20-14(11)23-3)21-15-19-5-4-13(17-2)22-15;2*1-2;;;;;;;;;;;;/h6-7,10-11,13,19,21H,8-9H2,1-5H3,(H2,20,22,23,24);4-7,10,17,19H,8-9,11H2,1-3H3,(H2,18,20,21,22);4-5,8,10,16,18H,6-7,9H2,1-3H3,(H2,17,19,21,22);2*1-2H3;12*1H. The predicted molar refractivity (Wildman–Crippen MR) is 336 cm³/mol. The molecule has 1 unspecified atom stereocenters. The predicted octanol–water partition coefficient (Wildman–Crippen LogP) is 10.0. The summed E-state index contributed by atoms with van der Waals surface area (Å²) in [6, 6.07) is 19.6. The molecule has 1 atom stereocenters. The Morgan fingerprint density at radius 3 is 1.53 bits per heavy atom. The van der Waals surface area contributed by atoms with Crippen molar-refractivity contribution in [2.24, 2.45) is 0 Å². The van der Waals surface area contributed by atoms with Gasteiger partial charge in [-0.2, -0.15) is 15.0 Å². The van der Waals surface area contributed by atoms with Crippen LogP contribution < -0.4 is 78.0 Å². The van der Waals surface area contributed by atoms with E-state index >= 15 is 0 Å². The highest BCUT2D eigenvalue weighted by molar-refractivity contribution is 5.60. The zero-order valence-corrected chi connectivity index (χ0v) is 47.1. The second kappa shape index (κ2) is 38.4. The lowest BCUT2D eigenvalue weighted by Gasteiger charge is -2.19. The number of hydrogen-bond acceptors (Lipinski definition) is 22. The lowest BCUT2D eigenvalue weighted by Crippen LogP contribution is -2.27. The Labute approximate surface area is 464 Å². The van der Waals surface area contributed by atoms with Crippen LogP contribution in [0.15, 0.2) is 79.3 Å². The molecule has 4 aromatic heterocycles. The zero-order chi connectivity index (χ0) is 55.2. The van der Waals surface area contributed by atoms with E-state index in [1.807, 2.05) is 125 Å². The number of benzene rings is 2. The summed E-state index contributed by atoms with van der Waals surface area (Å²) in [4.78, 5) is 30.3. The molecule has 0 radical (unpaired) electrons. The second-order valence-electron chi connectivity index (χ2n) is 15.6. The van der Waals surface area contributed by atoms with E-state index < -0.39 is 0 Å². The first-order chi connectivity index (χ1) is 36.6. The minimum absolute atomic E-state index is 0. The van der Waals surface area contributed by atoms with Gasteiger partial charge in [0.05, 0.1) is 33.2 Å². The second-order valence-corrected chi connectivity index (χ2v) is 15.6. The van der Waals surface area contributed by atoms with Gasteiger partial charge in [0.25, 0.3) is 0 Å². The number of rotatable bonds is 27. The third-order valence-electron chi connectivity index (χ3n) is 10.4. The van der Waals surface area contributed by atoms with E-state index in [1.54, 1.807) is 46.0 Å². The van der Waals surface area contributed by atoms with Crippen molar-refractivity contribution >= 4 is 52.4 Å². The van der Waals surface area contributed by atoms with Crippen LogP contribution in [0.25, 0.3) is 0 Å². The number of hydrogen-bond donors (Lipinski definition) is 12. The van der Waals surface area contributed by atoms with E-state index in [9.17, 15) is 0 Å². The fourth-order valence-electron chi connectivity index (χ4n) is 6.67. The largest absolute Gasteiger partial charge is 0.496 e. The van der Waals surface area contributed by atoms with E-state index in [2.05, 4.69) is 112 Å². The first-order valence-corrected chi connectivity index (χ1v) is 25.4. The molecule has 0 aliphatic carbocycles. The zero-order valence-electron chi connectivity index (χ0n) is 47.1. The summed E-state index contributed by atoms with van der Waals surface area (Å²) in [5, 5.41) is 38.2. The van der Waals surface area contributed by atoms with Crippen LogP contribution in [-0.2, 0) is 13.1 Å². The monoisotopic (exact) mass is 1060 g/mol. The van der Waals surface area contributed by atoms with E-state index in [1.165, 1.54) is 0 Å². The summed E-state index contributed by atoms with van der Waals surface area (Å²) in [5.74, 6) is 6.25. The molecule has 0 amide bonds. The SMILES string of the molecule is CC.CC.CNCCNC(C)c1cc(Nc2nc(C)cc(NC)n2)ccc1OC.CNCCNCc1cc(Nc2nccc(NC)n2)ccc1OC.CNCCNCc1cc(Nc2nccc(NC)n2)cnc1OC.[HH].[HH].[HH].[HH].[HH].[HH].[HH].[HH].[HH].[HH].[HH].[HH]. The first kappa shape index (κ1) is 63.9. The number of aromatic nitrogens is 7. The number of pyridine rings is 1. The van der Waals surface area contributed by atoms with Gasteiger partial charge < -0.3 is 78.0 Å². The summed E-state index contributed by atoms with van der Waals surface area (Å²) < 4.78 is 16.2. The van der Waals surface area contributed by atoms with Crippen molar-refractivity contribution in [2.75, 3.05) is 135 Å². The third kappa shape index (κ3) is 23.7. The van der Waals surface area contributed by atoms with Gasteiger partial charge in [0.1, 0.15) is 29.0 Å². The van der Waals surface area contributed by atoms with Gasteiger partial charge in [0.15, 0.2) is 0 Å². The molecular formula is C53H111N19O3. The Morgan fingerprint density at radius 1 is 0.493 bits per heavy atom. The average molecular weight is 1060 g/mol. The number of aryl methyl sites for hydroxylation is 1. The molecule has 6 rings (SSSR count). The van der Waals surface area contributed by atoms with Gasteiger partial charge in [-0.25, -0.2) is 19.9 Å². The average Bonchev–Trinajstić information content (AvgIpc) is 3.44. The van der Waals surface area contributed by atoms with E-state index in [4.69, 9.17) is 14.2 Å². The van der Waals surface area contributed by atoms with Gasteiger partial charge in [0.2, 0.25) is 23.7 Å². The number of anilines is 9. The van der Waals surface area contributed by atoms with Crippen LogP contribution in [0.2, 0.25) is 0 Å². The molecule has 6 aromatic rings. The molecule has 2 aromatic carbocycles. The molecule has 22 nitrogen and oxygen atoms in total. The summed E-state index contributed by atoms with van der Waals surface area (Å²) in [5.41, 5.74) is 6.69. The van der Waals surface area contributed by atoms with Crippen LogP contribution in [0, 0.1) is 6.92 Å². The van der Waals surface area contributed by atoms with Gasteiger partial charge >= 0.3 is 0 Å². The van der Waals surface area contributed by atoms with Crippen LogP contribution in [0.1, 0.15) is 80.2 Å². The fraction of sp³-hybridized carbons (Fsp3) is 0.453. The maximum absolute atomic E-state index is 5.51. The lowest BCUT2D eigenvalue weighted by molar-refractivity contribution is 0.390. The summed E-state index contributed by atoms with van der Waals surface area (Å²) in [7, 11) is 16.3. The topological polar surface area (TPSA) is 262 Å². The van der Waals surface area contributed by atoms with Gasteiger partial charge in [-0.1, -0.05) is 27.7 Å². The number of ether oxygens (including phenoxy) is 3. The smallest absolute Gasteiger partial charge is 0.229 e. The summed E-state index contributed by atoms with van der Waals surface area (Å²) in [6.45, 7) is 18.8. The van der Waals surface area contributed by atoms with Gasteiger partial charge in [-0.05, 0) is 89.6 Å². The minimum atomic E-state index is 0. The Morgan fingerprint density at radius 2 is 0.987 bits per heavy atom. The van der Waals surface area contributed by atoms with Crippen molar-refractivity contribution in [1.82, 2.24) is 66.8 Å². The Hall–Kier alpha value is -7.21. The summed E-state index contributed by atoms with van der Waals surface area (Å²) >= 11 is 0. The number of nitrogens with one attached hydrogen (secondary N) is 12. The maximum Gasteiger partial charge on any atom is 0.229 e. The number of methoxy groups -OCH3 is 3. The molecule has 4 heterocycles. The Kier molecular flexibility index (Phi) is 32.7. The van der Waals surface area contributed by atoms with Crippen molar-refractivity contribution in [3.63, 3.8) is 0 Å². The number of nitrogens with zero attached hydrogens (tertiary/aromatic N) is 7. The molecule has 0 bridgehead atoms. The lowest BCUT2D eigenvalue weighted by atomic mass is 10.1. The molecular weight excluding hydrogens is 951 g/mol. The molecule has 436 valence electrons. The third-order valence-corrected chi connectivity index (χ3v) is 10.4. The fourth-order valence-corrected chi connectivity index (χ4v) is 6.67. The first-order valence-electron chi connectivity index (χ1n) is 25.4. The molecule has 0 fully saturated rings. The van der Waals surface area contributed by atoms with Crippen molar-refractivity contribution in [3.05, 3.63) is 102 Å². The summed E-state index contributed by atoms with van der Waals surface area (Å²) in [6.07, 6.45) is 5.11. The van der Waals surface area contributed by atoms with Crippen molar-refractivity contribution < 1.29 is 31.3 Å². The van der Waals surface area contributed by atoms with Crippen molar-refractivity contribution in [1.29, 1.82) is 0 Å². The van der Waals surface area contributed by atoms with Crippen molar-refractivity contribution in [2.45, 2.75) is 60.7 Å². The molecule has 0 aliphatic rings. The number of likely N-dealkylation sites (N-methyl/N-ethyl adjacent to an activating group) is 3. The molecule has 12 N–H and O–H groups in total. The van der Waals surface area contributed by atoms with Crippen molar-refractivity contribution in [3.8, 4) is 17.4 Å². The van der Waals surface area contributed by atoms with E-state index in [-0.39, 0.29) is 23.2 Å².